The van der Waals surface area contributed by atoms with E-state index in [0.717, 1.165) is 6.41 Å². The molecular weight excluding hydrogens is 190 g/mol. The molecule has 0 heterocycles. The molecule has 2 atom stereocenters. The Morgan fingerprint density at radius 2 is 1.87 bits per heavy atom. The van der Waals surface area contributed by atoms with Gasteiger partial charge >= 0.3 is 0 Å². The first-order valence-electron chi connectivity index (χ1n) is 5.91. The Morgan fingerprint density at radius 1 is 1.27 bits per heavy atom. The average molecular weight is 213 g/mol. The number of amides is 1. The fourth-order valence-electron chi connectivity index (χ4n) is 2.00. The number of hydrogen-bond acceptors (Lipinski definition) is 2. The summed E-state index contributed by atoms with van der Waals surface area (Å²) in [6, 6.07) is 0.199. The Kier molecular flexibility index (Phi) is 4.58. The van der Waals surface area contributed by atoms with Crippen molar-refractivity contribution in [2.45, 2.75) is 58.8 Å². The van der Waals surface area contributed by atoms with Crippen molar-refractivity contribution in [2.24, 2.45) is 11.8 Å². The predicted octanol–water partition coefficient (Wildman–Crippen LogP) is 1.96. The van der Waals surface area contributed by atoms with E-state index in [0.29, 0.717) is 11.8 Å². The van der Waals surface area contributed by atoms with Crippen LogP contribution in [-0.2, 0) is 9.53 Å². The summed E-state index contributed by atoms with van der Waals surface area (Å²) in [6.07, 6.45) is 3.60. The largest absolute Gasteiger partial charge is 0.373 e. The van der Waals surface area contributed by atoms with Crippen LogP contribution in [0.4, 0.5) is 0 Å². The monoisotopic (exact) mass is 213 g/mol. The number of carbonyl (C=O) groups excluding carboxylic acids is 1. The summed E-state index contributed by atoms with van der Waals surface area (Å²) >= 11 is 0. The van der Waals surface area contributed by atoms with Crippen molar-refractivity contribution in [1.82, 2.24) is 5.32 Å². The molecule has 0 aromatic rings. The van der Waals surface area contributed by atoms with Gasteiger partial charge in [0.15, 0.2) is 0 Å². The van der Waals surface area contributed by atoms with Crippen molar-refractivity contribution in [3.05, 3.63) is 0 Å². The second-order valence-electron chi connectivity index (χ2n) is 5.04. The van der Waals surface area contributed by atoms with Gasteiger partial charge in [0.2, 0.25) is 6.41 Å². The highest BCUT2D eigenvalue weighted by Crippen LogP contribution is 2.36. The molecular formula is C12H23NO2. The van der Waals surface area contributed by atoms with E-state index in [1.54, 1.807) is 0 Å². The molecule has 88 valence electrons. The van der Waals surface area contributed by atoms with Crippen LogP contribution in [0.5, 0.6) is 0 Å². The molecule has 0 aromatic carbocycles. The molecule has 0 aromatic heterocycles. The molecule has 0 radical (unpaired) electrons. The third-order valence-corrected chi connectivity index (χ3v) is 2.83. The zero-order valence-corrected chi connectivity index (χ0v) is 10.2. The third-order valence-electron chi connectivity index (χ3n) is 2.83. The number of nitrogens with one attached hydrogen (secondary N) is 1. The molecule has 1 saturated carbocycles. The Labute approximate surface area is 92.6 Å². The van der Waals surface area contributed by atoms with Crippen molar-refractivity contribution >= 4 is 6.41 Å². The molecule has 3 nitrogen and oxygen atoms in total. The third kappa shape index (κ3) is 3.82. The maximum Gasteiger partial charge on any atom is 0.207 e. The normalized spacial score (nSPS) is 20.4. The molecule has 1 amide bonds. The van der Waals surface area contributed by atoms with E-state index < -0.39 is 0 Å². The quantitative estimate of drug-likeness (QED) is 0.657. The van der Waals surface area contributed by atoms with Crippen molar-refractivity contribution in [3.63, 3.8) is 0 Å². The highest BCUT2D eigenvalue weighted by molar-refractivity contribution is 5.47. The number of ether oxygens (including phenoxy) is 1. The van der Waals surface area contributed by atoms with Gasteiger partial charge in [-0.3, -0.25) is 4.79 Å². The number of carbonyl (C=O) groups is 1. The van der Waals surface area contributed by atoms with E-state index >= 15 is 0 Å². The maximum absolute atomic E-state index is 10.6. The van der Waals surface area contributed by atoms with Gasteiger partial charge < -0.3 is 10.1 Å². The molecule has 1 fully saturated rings. The van der Waals surface area contributed by atoms with Gasteiger partial charge in [0.1, 0.15) is 0 Å². The van der Waals surface area contributed by atoms with Gasteiger partial charge in [0.05, 0.1) is 18.2 Å². The highest BCUT2D eigenvalue weighted by Gasteiger charge is 2.38. The summed E-state index contributed by atoms with van der Waals surface area (Å²) in [5, 5.41) is 2.93. The Balaban J connectivity index is 2.60. The lowest BCUT2D eigenvalue weighted by Crippen LogP contribution is -2.46. The summed E-state index contributed by atoms with van der Waals surface area (Å²) < 4.78 is 5.91. The minimum atomic E-state index is 0.141. The number of rotatable bonds is 7. The molecule has 0 bridgehead atoms. The first kappa shape index (κ1) is 12.5. The lowest BCUT2D eigenvalue weighted by atomic mass is 9.95. The first-order chi connectivity index (χ1) is 7.06. The van der Waals surface area contributed by atoms with E-state index in [4.69, 9.17) is 4.74 Å². The van der Waals surface area contributed by atoms with Crippen molar-refractivity contribution in [3.8, 4) is 0 Å². The minimum absolute atomic E-state index is 0.141. The standard InChI is InChI=1S/C12H23NO2/c1-8(2)12(15-9(3)4)11(13-7-14)10-5-6-10/h7-12H,5-6H2,1-4H3,(H,13,14)/t11-,12?/m1/s1. The Hall–Kier alpha value is -0.570. The topological polar surface area (TPSA) is 38.3 Å². The van der Waals surface area contributed by atoms with Crippen molar-refractivity contribution < 1.29 is 9.53 Å². The molecule has 3 heteroatoms. The SMILES string of the molecule is CC(C)OC(C(C)C)[C@H](NC=O)C1CC1. The van der Waals surface area contributed by atoms with Gasteiger partial charge in [0.25, 0.3) is 0 Å². The van der Waals surface area contributed by atoms with Crippen LogP contribution in [-0.4, -0.2) is 24.7 Å². The fourth-order valence-corrected chi connectivity index (χ4v) is 2.00. The van der Waals surface area contributed by atoms with E-state index in [1.165, 1.54) is 12.8 Å². The van der Waals surface area contributed by atoms with Crippen LogP contribution in [0.2, 0.25) is 0 Å². The number of hydrogen-bond donors (Lipinski definition) is 1. The van der Waals surface area contributed by atoms with Crippen molar-refractivity contribution in [2.75, 3.05) is 0 Å². The molecule has 1 unspecified atom stereocenters. The van der Waals surface area contributed by atoms with E-state index in [2.05, 4.69) is 19.2 Å². The van der Waals surface area contributed by atoms with Crippen LogP contribution in [0.25, 0.3) is 0 Å². The Bertz CT molecular complexity index is 200. The van der Waals surface area contributed by atoms with Gasteiger partial charge in [0, 0.05) is 0 Å². The summed E-state index contributed by atoms with van der Waals surface area (Å²) in [5.74, 6) is 1.06. The maximum atomic E-state index is 10.6. The summed E-state index contributed by atoms with van der Waals surface area (Å²) in [6.45, 7) is 8.38. The van der Waals surface area contributed by atoms with Gasteiger partial charge in [-0.1, -0.05) is 13.8 Å². The second kappa shape index (κ2) is 5.50. The summed E-state index contributed by atoms with van der Waals surface area (Å²) in [7, 11) is 0. The Morgan fingerprint density at radius 3 is 2.20 bits per heavy atom. The molecule has 1 aliphatic carbocycles. The molecule has 1 aliphatic rings. The van der Waals surface area contributed by atoms with Gasteiger partial charge in [-0.2, -0.15) is 0 Å². The van der Waals surface area contributed by atoms with Crippen LogP contribution in [0, 0.1) is 11.8 Å². The van der Waals surface area contributed by atoms with E-state index in [-0.39, 0.29) is 18.2 Å². The van der Waals surface area contributed by atoms with Crippen molar-refractivity contribution in [1.29, 1.82) is 0 Å². The van der Waals surface area contributed by atoms with Gasteiger partial charge in [-0.05, 0) is 38.5 Å². The zero-order chi connectivity index (χ0) is 11.4. The molecule has 1 rings (SSSR count). The van der Waals surface area contributed by atoms with Crippen LogP contribution in [0.1, 0.15) is 40.5 Å². The summed E-state index contributed by atoms with van der Waals surface area (Å²) in [5.41, 5.74) is 0. The van der Waals surface area contributed by atoms with Gasteiger partial charge in [-0.25, -0.2) is 0 Å². The molecule has 0 spiro atoms. The molecule has 0 saturated heterocycles. The highest BCUT2D eigenvalue weighted by atomic mass is 16.5. The van der Waals surface area contributed by atoms with Crippen LogP contribution < -0.4 is 5.32 Å². The second-order valence-corrected chi connectivity index (χ2v) is 5.04. The molecule has 1 N–H and O–H groups in total. The molecule has 15 heavy (non-hydrogen) atoms. The van der Waals surface area contributed by atoms with Crippen LogP contribution in [0.3, 0.4) is 0 Å². The predicted molar refractivity (Wildman–Crippen MR) is 60.6 cm³/mol. The molecule has 0 aliphatic heterocycles. The first-order valence-corrected chi connectivity index (χ1v) is 5.91. The van der Waals surface area contributed by atoms with Crippen LogP contribution in [0.15, 0.2) is 0 Å². The zero-order valence-electron chi connectivity index (χ0n) is 10.2. The van der Waals surface area contributed by atoms with E-state index in [1.807, 2.05) is 13.8 Å². The minimum Gasteiger partial charge on any atom is -0.373 e. The lowest BCUT2D eigenvalue weighted by molar-refractivity contribution is -0.113. The summed E-state index contributed by atoms with van der Waals surface area (Å²) in [4.78, 5) is 10.6. The van der Waals surface area contributed by atoms with Gasteiger partial charge in [-0.15, -0.1) is 0 Å². The average Bonchev–Trinajstić information content (AvgIpc) is 2.93. The fraction of sp³-hybridized carbons (Fsp3) is 0.917. The van der Waals surface area contributed by atoms with E-state index in [9.17, 15) is 4.79 Å². The van der Waals surface area contributed by atoms with Crippen LogP contribution >= 0.6 is 0 Å². The lowest BCUT2D eigenvalue weighted by Gasteiger charge is -2.31. The smallest absolute Gasteiger partial charge is 0.207 e.